The van der Waals surface area contributed by atoms with Gasteiger partial charge in [-0.05, 0) is 56.2 Å². The molecule has 3 aromatic rings. The molecule has 36 heavy (non-hydrogen) atoms. The minimum Gasteiger partial charge on any atom is -0.396 e. The van der Waals surface area contributed by atoms with Crippen molar-refractivity contribution in [3.8, 4) is 0 Å². The molecule has 0 bridgehead atoms. The smallest absolute Gasteiger partial charge is 0.257 e. The summed E-state index contributed by atoms with van der Waals surface area (Å²) < 4.78 is 22.2. The van der Waals surface area contributed by atoms with Crippen LogP contribution in [-0.2, 0) is 17.0 Å². The number of nitrogens with zero attached hydrogens (tertiary/aromatic N) is 2. The number of hydrogen-bond acceptors (Lipinski definition) is 5. The number of aromatic nitrogens is 1. The maximum absolute atomic E-state index is 15.6. The molecular weight excluding hydrogens is 506 g/mol. The number of carbonyl (C=O) groups is 2. The summed E-state index contributed by atoms with van der Waals surface area (Å²) in [6, 6.07) is 12.3. The Kier molecular flexibility index (Phi) is 6.37. The molecule has 1 N–H and O–H groups in total. The third kappa shape index (κ3) is 4.20. The molecule has 186 valence electrons. The van der Waals surface area contributed by atoms with Crippen LogP contribution in [0.15, 0.2) is 54.7 Å². The van der Waals surface area contributed by atoms with Gasteiger partial charge in [-0.3, -0.25) is 19.5 Å². The fourth-order valence-corrected chi connectivity index (χ4v) is 4.86. The first kappa shape index (κ1) is 24.8. The molecule has 1 aromatic heterocycles. The normalized spacial score (nSPS) is 19.9. The number of ether oxygens (including phenoxy) is 1. The van der Waals surface area contributed by atoms with Gasteiger partial charge in [0.15, 0.2) is 11.5 Å². The molecule has 1 amide bonds. The predicted octanol–water partition coefficient (Wildman–Crippen LogP) is 5.38. The molecule has 1 unspecified atom stereocenters. The van der Waals surface area contributed by atoms with Crippen LogP contribution in [0.2, 0.25) is 10.0 Å². The Morgan fingerprint density at radius 3 is 2.44 bits per heavy atom. The van der Waals surface area contributed by atoms with Gasteiger partial charge in [0.05, 0.1) is 30.5 Å². The van der Waals surface area contributed by atoms with Gasteiger partial charge in [0, 0.05) is 38.9 Å². The van der Waals surface area contributed by atoms with E-state index in [4.69, 9.17) is 27.9 Å². The molecule has 9 heteroatoms. The molecule has 1 saturated carbocycles. The van der Waals surface area contributed by atoms with Crippen LogP contribution in [0.3, 0.4) is 0 Å². The minimum atomic E-state index is -1.68. The number of pyridine rings is 1. The van der Waals surface area contributed by atoms with E-state index in [2.05, 4.69) is 4.98 Å². The number of carbonyl (C=O) groups excluding carboxylic acids is 2. The van der Waals surface area contributed by atoms with Gasteiger partial charge >= 0.3 is 0 Å². The monoisotopic (exact) mass is 528 g/mol. The van der Waals surface area contributed by atoms with Gasteiger partial charge in [-0.1, -0.05) is 35.3 Å². The highest BCUT2D eigenvalue weighted by Gasteiger charge is 2.56. The largest absolute Gasteiger partial charge is 0.396 e. The Bertz CT molecular complexity index is 1360. The molecule has 0 radical (unpaired) electrons. The second-order valence-electron chi connectivity index (χ2n) is 9.39. The first-order chi connectivity index (χ1) is 17.2. The number of fused-ring (bicyclic) bond motifs is 1. The van der Waals surface area contributed by atoms with Crippen molar-refractivity contribution in [2.75, 3.05) is 13.2 Å². The van der Waals surface area contributed by atoms with Gasteiger partial charge in [0.1, 0.15) is 5.82 Å². The second-order valence-corrected chi connectivity index (χ2v) is 10.3. The summed E-state index contributed by atoms with van der Waals surface area (Å²) >= 11 is 12.1. The number of hydrogen-bond donors (Lipinski definition) is 1. The van der Waals surface area contributed by atoms with Crippen molar-refractivity contribution in [3.05, 3.63) is 98.5 Å². The molecule has 1 aliphatic heterocycles. The Labute approximate surface area is 217 Å². The summed E-state index contributed by atoms with van der Waals surface area (Å²) in [6.45, 7) is 1.40. The van der Waals surface area contributed by atoms with E-state index in [0.717, 1.165) is 12.8 Å². The summed E-state index contributed by atoms with van der Waals surface area (Å²) in [5.41, 5.74) is -0.530. The Morgan fingerprint density at radius 1 is 1.11 bits per heavy atom. The van der Waals surface area contributed by atoms with E-state index >= 15 is 4.39 Å². The third-order valence-corrected chi connectivity index (χ3v) is 7.39. The number of amides is 1. The maximum Gasteiger partial charge on any atom is 0.257 e. The van der Waals surface area contributed by atoms with Crippen LogP contribution in [-0.4, -0.2) is 39.9 Å². The van der Waals surface area contributed by atoms with E-state index < -0.39 is 22.9 Å². The summed E-state index contributed by atoms with van der Waals surface area (Å²) in [5, 5.41) is 10.6. The van der Waals surface area contributed by atoms with Crippen LogP contribution < -0.4 is 0 Å². The molecule has 1 atom stereocenters. The average Bonchev–Trinajstić information content (AvgIpc) is 3.61. The van der Waals surface area contributed by atoms with Crippen LogP contribution in [0.4, 0.5) is 4.39 Å². The maximum atomic E-state index is 15.6. The zero-order chi connectivity index (χ0) is 25.7. The summed E-state index contributed by atoms with van der Waals surface area (Å²) in [4.78, 5) is 31.7. The number of benzene rings is 2. The molecule has 2 heterocycles. The van der Waals surface area contributed by atoms with Gasteiger partial charge < -0.3 is 9.84 Å². The summed E-state index contributed by atoms with van der Waals surface area (Å²) in [6.07, 6.45) is 2.98. The molecule has 0 saturated heterocycles. The second kappa shape index (κ2) is 9.23. The Hall–Kier alpha value is -2.84. The van der Waals surface area contributed by atoms with Crippen molar-refractivity contribution in [3.63, 3.8) is 0 Å². The fraction of sp³-hybridized carbons (Fsp3) is 0.296. The number of aliphatic hydroxyl groups is 1. The highest BCUT2D eigenvalue weighted by molar-refractivity contribution is 6.30. The Balaban J connectivity index is 1.73. The van der Waals surface area contributed by atoms with Crippen molar-refractivity contribution in [2.45, 2.75) is 32.0 Å². The van der Waals surface area contributed by atoms with Crippen molar-refractivity contribution in [1.82, 2.24) is 9.88 Å². The van der Waals surface area contributed by atoms with E-state index in [1.807, 2.05) is 0 Å². The molecule has 1 fully saturated rings. The number of ketones is 1. The van der Waals surface area contributed by atoms with Crippen LogP contribution in [0.1, 0.15) is 57.3 Å². The summed E-state index contributed by atoms with van der Waals surface area (Å²) in [5.74, 6) is -1.29. The van der Waals surface area contributed by atoms with Crippen LogP contribution in [0.25, 0.3) is 0 Å². The van der Waals surface area contributed by atoms with Gasteiger partial charge in [-0.2, -0.15) is 0 Å². The van der Waals surface area contributed by atoms with Crippen molar-refractivity contribution in [1.29, 1.82) is 0 Å². The molecule has 2 aromatic carbocycles. The van der Waals surface area contributed by atoms with Crippen molar-refractivity contribution >= 4 is 34.9 Å². The van der Waals surface area contributed by atoms with E-state index in [1.54, 1.807) is 24.3 Å². The summed E-state index contributed by atoms with van der Waals surface area (Å²) in [7, 11) is 0. The lowest BCUT2D eigenvalue weighted by atomic mass is 9.91. The van der Waals surface area contributed by atoms with Crippen molar-refractivity contribution in [2.24, 2.45) is 5.41 Å². The Morgan fingerprint density at radius 2 is 1.83 bits per heavy atom. The van der Waals surface area contributed by atoms with E-state index in [9.17, 15) is 14.7 Å². The SMILES string of the molecule is CC(=O)c1ccc2c(c1)C(=O)N(Cc1ccc(Cl)cn1)C2(OCC1(CO)CC1)c1ccc(Cl)cc1F. The van der Waals surface area contributed by atoms with Crippen LogP contribution >= 0.6 is 23.2 Å². The number of rotatable bonds is 8. The van der Waals surface area contributed by atoms with Gasteiger partial charge in [0.2, 0.25) is 0 Å². The lowest BCUT2D eigenvalue weighted by molar-refractivity contribution is -0.130. The van der Waals surface area contributed by atoms with Crippen LogP contribution in [0.5, 0.6) is 0 Å². The third-order valence-electron chi connectivity index (χ3n) is 6.93. The molecule has 6 nitrogen and oxygen atoms in total. The zero-order valence-corrected chi connectivity index (χ0v) is 20.9. The van der Waals surface area contributed by atoms with Gasteiger partial charge in [-0.15, -0.1) is 0 Å². The molecule has 2 aliphatic rings. The van der Waals surface area contributed by atoms with Gasteiger partial charge in [0.25, 0.3) is 5.91 Å². The molecule has 5 rings (SSSR count). The fourth-order valence-electron chi connectivity index (χ4n) is 4.59. The van der Waals surface area contributed by atoms with Crippen LogP contribution in [0, 0.1) is 11.2 Å². The van der Waals surface area contributed by atoms with Gasteiger partial charge in [-0.25, -0.2) is 4.39 Å². The number of halogens is 3. The number of aliphatic hydroxyl groups excluding tert-OH is 1. The zero-order valence-electron chi connectivity index (χ0n) is 19.4. The predicted molar refractivity (Wildman–Crippen MR) is 132 cm³/mol. The lowest BCUT2D eigenvalue weighted by Crippen LogP contribution is -2.48. The molecule has 0 spiro atoms. The molecular formula is C27H23Cl2FN2O4. The van der Waals surface area contributed by atoms with E-state index in [1.165, 1.54) is 42.3 Å². The average molecular weight is 529 g/mol. The minimum absolute atomic E-state index is 0.0196. The quantitative estimate of drug-likeness (QED) is 0.397. The highest BCUT2D eigenvalue weighted by Crippen LogP contribution is 2.51. The highest BCUT2D eigenvalue weighted by atomic mass is 35.5. The topological polar surface area (TPSA) is 79.7 Å². The first-order valence-electron chi connectivity index (χ1n) is 11.5. The van der Waals surface area contributed by atoms with E-state index in [0.29, 0.717) is 21.8 Å². The van der Waals surface area contributed by atoms with Crippen molar-refractivity contribution < 1.29 is 23.8 Å². The molecule has 1 aliphatic carbocycles. The lowest BCUT2D eigenvalue weighted by Gasteiger charge is -2.40. The first-order valence-corrected chi connectivity index (χ1v) is 12.2. The number of Topliss-reactive ketones (excluding diaryl/α,β-unsaturated/α-hetero) is 1. The van der Waals surface area contributed by atoms with E-state index in [-0.39, 0.29) is 41.7 Å². The standard InChI is InChI=1S/C27H23Cl2FN2O4/c1-16(34)17-2-6-22-21(10-17)25(35)32(13-20-5-3-19(29)12-31-20)27(22,36-15-26(14-33)8-9-26)23-7-4-18(28)11-24(23)30/h2-7,10-12,33H,8-9,13-15H2,1H3.